The van der Waals surface area contributed by atoms with Crippen molar-refractivity contribution in [3.8, 4) is 0 Å². The summed E-state index contributed by atoms with van der Waals surface area (Å²) in [5.41, 5.74) is 6.78. The summed E-state index contributed by atoms with van der Waals surface area (Å²) < 4.78 is 11.1. The van der Waals surface area contributed by atoms with Crippen molar-refractivity contribution >= 4 is 21.2 Å². The minimum absolute atomic E-state index is 0.0371. The van der Waals surface area contributed by atoms with Gasteiger partial charge < -0.3 is 11.1 Å². The fraction of sp³-hybridized carbons (Fsp3) is 0.800. The Hall–Kier alpha value is -0.130. The van der Waals surface area contributed by atoms with Gasteiger partial charge in [0.2, 0.25) is 0 Å². The highest BCUT2D eigenvalue weighted by Gasteiger charge is 2.26. The van der Waals surface area contributed by atoms with E-state index in [4.69, 9.17) is 5.73 Å². The van der Waals surface area contributed by atoms with E-state index in [0.717, 1.165) is 5.70 Å². The SMILES string of the molecule is CC(C)(C)C(N/C=C(\N)C1CC1)I=O. The number of halogens is 1. The smallest absolute Gasteiger partial charge is 0.169 e. The summed E-state index contributed by atoms with van der Waals surface area (Å²) in [4.78, 5) is 0. The molecule has 0 aromatic rings. The standard InChI is InChI=1S/C10H19IN2O/c1-10(2,3)9(11-14)13-6-8(12)7-4-5-7/h6-7,9,13H,4-5,12H2,1-3H3/b8-6-. The Bertz CT molecular complexity index is 241. The van der Waals surface area contributed by atoms with Crippen LogP contribution < -0.4 is 11.1 Å². The minimum atomic E-state index is -1.04. The van der Waals surface area contributed by atoms with Gasteiger partial charge in [0.05, 0.1) is 0 Å². The summed E-state index contributed by atoms with van der Waals surface area (Å²) in [7, 11) is 0. The van der Waals surface area contributed by atoms with Gasteiger partial charge in [-0.25, -0.2) is 0 Å². The van der Waals surface area contributed by atoms with Crippen LogP contribution in [0.5, 0.6) is 0 Å². The van der Waals surface area contributed by atoms with Crippen molar-refractivity contribution in [3.63, 3.8) is 0 Å². The number of allylic oxidation sites excluding steroid dienone is 1. The van der Waals surface area contributed by atoms with Crippen LogP contribution in [-0.4, -0.2) is 4.05 Å². The normalized spacial score (nSPS) is 20.6. The first kappa shape index (κ1) is 11.9. The number of nitrogens with two attached hydrogens (primary N) is 1. The third-order valence-electron chi connectivity index (χ3n) is 2.29. The van der Waals surface area contributed by atoms with Gasteiger partial charge in [0, 0.05) is 11.9 Å². The van der Waals surface area contributed by atoms with Crippen LogP contribution >= 0.6 is 21.2 Å². The zero-order valence-electron chi connectivity index (χ0n) is 9.01. The molecule has 0 bridgehead atoms. The summed E-state index contributed by atoms with van der Waals surface area (Å²) in [6.07, 6.45) is 4.26. The second-order valence-corrected chi connectivity index (χ2v) is 6.66. The molecule has 0 spiro atoms. The van der Waals surface area contributed by atoms with Crippen molar-refractivity contribution in [2.75, 3.05) is 0 Å². The highest BCUT2D eigenvalue weighted by Crippen LogP contribution is 2.34. The molecule has 1 saturated carbocycles. The van der Waals surface area contributed by atoms with E-state index in [9.17, 15) is 3.07 Å². The predicted octanol–water partition coefficient (Wildman–Crippen LogP) is 2.47. The van der Waals surface area contributed by atoms with Gasteiger partial charge >= 0.3 is 0 Å². The molecule has 0 amide bonds. The van der Waals surface area contributed by atoms with Crippen molar-refractivity contribution in [2.24, 2.45) is 17.1 Å². The van der Waals surface area contributed by atoms with Crippen LogP contribution in [0.2, 0.25) is 0 Å². The topological polar surface area (TPSA) is 55.1 Å². The first-order chi connectivity index (χ1) is 6.45. The molecule has 0 heterocycles. The molecule has 1 rings (SSSR count). The maximum atomic E-state index is 11.1. The maximum absolute atomic E-state index is 11.1. The number of hydrogen-bond donors (Lipinski definition) is 2. The minimum Gasteiger partial charge on any atom is -0.401 e. The number of alkyl halides is 1. The summed E-state index contributed by atoms with van der Waals surface area (Å²) >= 11 is -1.04. The molecular weight excluding hydrogens is 291 g/mol. The highest BCUT2D eigenvalue weighted by molar-refractivity contribution is 14.1. The van der Waals surface area contributed by atoms with Gasteiger partial charge in [0.1, 0.15) is 4.05 Å². The molecule has 1 aliphatic rings. The number of rotatable bonds is 4. The molecule has 3 nitrogen and oxygen atoms in total. The molecule has 3 N–H and O–H groups in total. The van der Waals surface area contributed by atoms with Gasteiger partial charge in [0.15, 0.2) is 21.2 Å². The van der Waals surface area contributed by atoms with Gasteiger partial charge in [-0.1, -0.05) is 20.8 Å². The lowest BCUT2D eigenvalue weighted by molar-refractivity contribution is 0.384. The fourth-order valence-corrected chi connectivity index (χ4v) is 2.20. The van der Waals surface area contributed by atoms with Crippen LogP contribution in [0.25, 0.3) is 0 Å². The summed E-state index contributed by atoms with van der Waals surface area (Å²) in [5.74, 6) is 0.577. The van der Waals surface area contributed by atoms with Gasteiger partial charge in [-0.05, 0) is 24.2 Å². The quantitative estimate of drug-likeness (QED) is 0.476. The van der Waals surface area contributed by atoms with E-state index in [0.29, 0.717) is 5.92 Å². The molecule has 14 heavy (non-hydrogen) atoms. The van der Waals surface area contributed by atoms with E-state index in [-0.39, 0.29) is 9.46 Å². The Balaban J connectivity index is 2.48. The fourth-order valence-electron chi connectivity index (χ4n) is 1.11. The molecule has 0 radical (unpaired) electrons. The predicted molar refractivity (Wildman–Crippen MR) is 66.1 cm³/mol. The molecule has 0 aliphatic heterocycles. The highest BCUT2D eigenvalue weighted by atomic mass is 127. The molecule has 0 aromatic heterocycles. The van der Waals surface area contributed by atoms with E-state index in [1.807, 2.05) is 6.20 Å². The van der Waals surface area contributed by atoms with Crippen molar-refractivity contribution < 1.29 is 3.07 Å². The molecule has 4 heteroatoms. The lowest BCUT2D eigenvalue weighted by Gasteiger charge is -2.25. The Morgan fingerprint density at radius 3 is 2.50 bits per heavy atom. The zero-order chi connectivity index (χ0) is 10.8. The molecule has 1 unspecified atom stereocenters. The van der Waals surface area contributed by atoms with E-state index < -0.39 is 21.2 Å². The van der Waals surface area contributed by atoms with Crippen molar-refractivity contribution in [1.82, 2.24) is 5.32 Å². The third-order valence-corrected chi connectivity index (χ3v) is 5.03. The number of nitrogens with one attached hydrogen (secondary N) is 1. The Kier molecular flexibility index (Phi) is 3.92. The van der Waals surface area contributed by atoms with Crippen molar-refractivity contribution in [3.05, 3.63) is 11.9 Å². The number of hydrogen-bond acceptors (Lipinski definition) is 3. The van der Waals surface area contributed by atoms with Crippen molar-refractivity contribution in [1.29, 1.82) is 0 Å². The molecular formula is C10H19IN2O. The second kappa shape index (κ2) is 4.59. The lowest BCUT2D eigenvalue weighted by Crippen LogP contribution is -2.33. The molecule has 1 aliphatic carbocycles. The molecule has 1 atom stereocenters. The van der Waals surface area contributed by atoms with Crippen molar-refractivity contribution in [2.45, 2.75) is 37.7 Å². The molecule has 1 fully saturated rings. The Morgan fingerprint density at radius 2 is 2.14 bits per heavy atom. The third kappa shape index (κ3) is 3.55. The van der Waals surface area contributed by atoms with Gasteiger partial charge in [-0.3, -0.25) is 3.07 Å². The average molecular weight is 310 g/mol. The van der Waals surface area contributed by atoms with Crippen LogP contribution in [0, 0.1) is 11.3 Å². The largest absolute Gasteiger partial charge is 0.401 e. The second-order valence-electron chi connectivity index (χ2n) is 4.90. The summed E-state index contributed by atoms with van der Waals surface area (Å²) in [6, 6.07) is 0. The van der Waals surface area contributed by atoms with E-state index in [1.165, 1.54) is 12.8 Å². The van der Waals surface area contributed by atoms with Gasteiger partial charge in [-0.2, -0.15) is 0 Å². The maximum Gasteiger partial charge on any atom is 0.169 e. The molecule has 82 valence electrons. The van der Waals surface area contributed by atoms with Crippen LogP contribution in [0.15, 0.2) is 11.9 Å². The Morgan fingerprint density at radius 1 is 1.57 bits per heavy atom. The van der Waals surface area contributed by atoms with Crippen LogP contribution in [0.3, 0.4) is 0 Å². The van der Waals surface area contributed by atoms with E-state index in [1.54, 1.807) is 0 Å². The van der Waals surface area contributed by atoms with E-state index in [2.05, 4.69) is 26.1 Å². The van der Waals surface area contributed by atoms with Gasteiger partial charge in [0.25, 0.3) is 0 Å². The molecule has 0 aromatic carbocycles. The summed E-state index contributed by atoms with van der Waals surface area (Å²) in [5, 5.41) is 3.18. The molecule has 0 saturated heterocycles. The van der Waals surface area contributed by atoms with Crippen LogP contribution in [0.1, 0.15) is 33.6 Å². The first-order valence-corrected chi connectivity index (χ1v) is 7.05. The van der Waals surface area contributed by atoms with Crippen LogP contribution in [0.4, 0.5) is 0 Å². The first-order valence-electron chi connectivity index (χ1n) is 4.92. The Labute approximate surface area is 96.2 Å². The van der Waals surface area contributed by atoms with Gasteiger partial charge in [-0.15, -0.1) is 0 Å². The average Bonchev–Trinajstić information content (AvgIpc) is 2.84. The zero-order valence-corrected chi connectivity index (χ0v) is 11.2. The van der Waals surface area contributed by atoms with Crippen LogP contribution in [-0.2, 0) is 3.07 Å². The monoisotopic (exact) mass is 310 g/mol. The van der Waals surface area contributed by atoms with E-state index >= 15 is 0 Å². The lowest BCUT2D eigenvalue weighted by atomic mass is 9.97. The summed E-state index contributed by atoms with van der Waals surface area (Å²) in [6.45, 7) is 6.26.